The van der Waals surface area contributed by atoms with Gasteiger partial charge in [-0.15, -0.1) is 0 Å². The van der Waals surface area contributed by atoms with Crippen LogP contribution in [0.5, 0.6) is 5.75 Å². The van der Waals surface area contributed by atoms with E-state index in [1.165, 1.54) is 6.08 Å². The zero-order chi connectivity index (χ0) is 31.1. The summed E-state index contributed by atoms with van der Waals surface area (Å²) in [5.74, 6) is 1.37. The molecule has 10 nitrogen and oxygen atoms in total. The number of carbonyl (C=O) groups excluding carboxylic acids is 2. The van der Waals surface area contributed by atoms with Gasteiger partial charge in [-0.2, -0.15) is 4.98 Å². The summed E-state index contributed by atoms with van der Waals surface area (Å²) in [5.41, 5.74) is 3.21. The number of likely N-dealkylation sites (N-methyl/N-ethyl adjacent to an activating group) is 1. The molecule has 0 saturated heterocycles. The summed E-state index contributed by atoms with van der Waals surface area (Å²) < 4.78 is 7.97. The second-order valence-electron chi connectivity index (χ2n) is 10.7. The smallest absolute Gasteiger partial charge is 0.255 e. The first kappa shape index (κ1) is 30.0. The Bertz CT molecular complexity index is 1810. The van der Waals surface area contributed by atoms with Crippen LogP contribution in [0, 0.1) is 0 Å². The van der Waals surface area contributed by atoms with Gasteiger partial charge in [0.25, 0.3) is 5.91 Å². The summed E-state index contributed by atoms with van der Waals surface area (Å²) in [6.45, 7) is 4.66. The standard InChI is InChI=1S/C34H35N7O3/c1-23(2)44-30-14-7-13-29-28(30)17-20-41(29)31-16-18-35-34(39-31)38-27-12-6-11-26(22-27)37-33(43)24-9-5-10-25(21-24)36-32(42)15-8-19-40(3)4/h5-18,20-23H,19H2,1-4H3,(H,36,42)(H,37,43)(H,35,38,39)/b15-8+. The number of amides is 2. The Labute approximate surface area is 256 Å². The van der Waals surface area contributed by atoms with E-state index in [-0.39, 0.29) is 17.9 Å². The van der Waals surface area contributed by atoms with Crippen LogP contribution in [0.2, 0.25) is 0 Å². The predicted octanol–water partition coefficient (Wildman–Crippen LogP) is 6.26. The van der Waals surface area contributed by atoms with Crippen LogP contribution in [0.3, 0.4) is 0 Å². The molecule has 2 amide bonds. The number of ether oxygens (including phenoxy) is 1. The average molecular weight is 590 g/mol. The third kappa shape index (κ3) is 7.67. The van der Waals surface area contributed by atoms with Gasteiger partial charge in [0.15, 0.2) is 0 Å². The first-order valence-electron chi connectivity index (χ1n) is 14.3. The molecule has 3 aromatic carbocycles. The molecule has 0 aliphatic carbocycles. The van der Waals surface area contributed by atoms with Crippen LogP contribution in [0.15, 0.2) is 103 Å². The fourth-order valence-corrected chi connectivity index (χ4v) is 4.54. The Kier molecular flexibility index (Phi) is 9.31. The molecule has 2 heterocycles. The van der Waals surface area contributed by atoms with Crippen LogP contribution in [0.4, 0.5) is 23.0 Å². The molecule has 0 bridgehead atoms. The quantitative estimate of drug-likeness (QED) is 0.156. The Balaban J connectivity index is 1.27. The van der Waals surface area contributed by atoms with Gasteiger partial charge in [0.2, 0.25) is 11.9 Å². The maximum atomic E-state index is 13.0. The lowest BCUT2D eigenvalue weighted by atomic mass is 10.1. The number of anilines is 4. The van der Waals surface area contributed by atoms with Crippen molar-refractivity contribution in [3.63, 3.8) is 0 Å². The van der Waals surface area contributed by atoms with E-state index in [2.05, 4.69) is 20.9 Å². The van der Waals surface area contributed by atoms with Gasteiger partial charge in [-0.05, 0) is 88.6 Å². The highest BCUT2D eigenvalue weighted by Crippen LogP contribution is 2.29. The Morgan fingerprint density at radius 1 is 0.932 bits per heavy atom. The van der Waals surface area contributed by atoms with Crippen molar-refractivity contribution in [3.05, 3.63) is 109 Å². The largest absolute Gasteiger partial charge is 0.490 e. The molecule has 10 heteroatoms. The molecule has 0 aliphatic heterocycles. The molecule has 0 unspecified atom stereocenters. The highest BCUT2D eigenvalue weighted by Gasteiger charge is 2.12. The molecule has 44 heavy (non-hydrogen) atoms. The first-order chi connectivity index (χ1) is 21.2. The number of hydrogen-bond donors (Lipinski definition) is 3. The zero-order valence-corrected chi connectivity index (χ0v) is 25.1. The number of hydrogen-bond acceptors (Lipinski definition) is 7. The lowest BCUT2D eigenvalue weighted by Crippen LogP contribution is -2.14. The fraction of sp³-hybridized carbons (Fsp3) is 0.176. The molecule has 0 atom stereocenters. The first-order valence-corrected chi connectivity index (χ1v) is 14.3. The number of rotatable bonds is 11. The minimum atomic E-state index is -0.306. The maximum absolute atomic E-state index is 13.0. The Morgan fingerprint density at radius 2 is 1.68 bits per heavy atom. The van der Waals surface area contributed by atoms with Crippen molar-refractivity contribution in [2.75, 3.05) is 36.6 Å². The van der Waals surface area contributed by atoms with Crippen molar-refractivity contribution < 1.29 is 14.3 Å². The molecule has 5 rings (SSSR count). The molecular formula is C34H35N7O3. The summed E-state index contributed by atoms with van der Waals surface area (Å²) in [5, 5.41) is 9.94. The van der Waals surface area contributed by atoms with E-state index in [9.17, 15) is 9.59 Å². The predicted molar refractivity (Wildman–Crippen MR) is 175 cm³/mol. The van der Waals surface area contributed by atoms with Crippen molar-refractivity contribution in [3.8, 4) is 11.6 Å². The minimum absolute atomic E-state index is 0.0675. The summed E-state index contributed by atoms with van der Waals surface area (Å²) >= 11 is 0. The van der Waals surface area contributed by atoms with Crippen LogP contribution in [-0.2, 0) is 4.79 Å². The van der Waals surface area contributed by atoms with Crippen molar-refractivity contribution in [1.29, 1.82) is 0 Å². The molecule has 5 aromatic rings. The normalized spacial score (nSPS) is 11.3. The molecule has 0 aliphatic rings. The van der Waals surface area contributed by atoms with E-state index < -0.39 is 0 Å². The van der Waals surface area contributed by atoms with Crippen LogP contribution in [-0.4, -0.2) is 58.0 Å². The lowest BCUT2D eigenvalue weighted by Gasteiger charge is -2.12. The van der Waals surface area contributed by atoms with Gasteiger partial charge in [0.05, 0.1) is 11.6 Å². The highest BCUT2D eigenvalue weighted by molar-refractivity contribution is 6.06. The van der Waals surface area contributed by atoms with Crippen LogP contribution >= 0.6 is 0 Å². The van der Waals surface area contributed by atoms with Gasteiger partial charge >= 0.3 is 0 Å². The van der Waals surface area contributed by atoms with E-state index in [4.69, 9.17) is 9.72 Å². The zero-order valence-electron chi connectivity index (χ0n) is 25.1. The number of nitrogens with zero attached hydrogens (tertiary/aromatic N) is 4. The topological polar surface area (TPSA) is 113 Å². The van der Waals surface area contributed by atoms with Crippen LogP contribution in [0.1, 0.15) is 24.2 Å². The number of aromatic nitrogens is 3. The summed E-state index contributed by atoms with van der Waals surface area (Å²) in [7, 11) is 3.85. The molecule has 2 aromatic heterocycles. The van der Waals surface area contributed by atoms with Gasteiger partial charge in [-0.25, -0.2) is 4.98 Å². The van der Waals surface area contributed by atoms with Crippen LogP contribution < -0.4 is 20.7 Å². The van der Waals surface area contributed by atoms with E-state index >= 15 is 0 Å². The summed E-state index contributed by atoms with van der Waals surface area (Å²) in [6.07, 6.45) is 6.97. The number of fused-ring (bicyclic) bond motifs is 1. The van der Waals surface area contributed by atoms with E-state index in [0.717, 1.165) is 16.7 Å². The maximum Gasteiger partial charge on any atom is 0.255 e. The molecule has 0 saturated carbocycles. The second kappa shape index (κ2) is 13.7. The van der Waals surface area contributed by atoms with E-state index in [0.29, 0.717) is 40.9 Å². The fourth-order valence-electron chi connectivity index (χ4n) is 4.54. The summed E-state index contributed by atoms with van der Waals surface area (Å²) in [6, 6.07) is 23.9. The third-order valence-corrected chi connectivity index (χ3v) is 6.45. The molecule has 3 N–H and O–H groups in total. The van der Waals surface area contributed by atoms with Crippen molar-refractivity contribution in [1.82, 2.24) is 19.4 Å². The van der Waals surface area contributed by atoms with Gasteiger partial charge in [0.1, 0.15) is 11.6 Å². The SMILES string of the molecule is CC(C)Oc1cccc2c1ccn2-c1ccnc(Nc2cccc(NC(=O)c3cccc(NC(=O)/C=C/CN(C)C)c3)c2)n1. The highest BCUT2D eigenvalue weighted by atomic mass is 16.5. The second-order valence-corrected chi connectivity index (χ2v) is 10.7. The van der Waals surface area contributed by atoms with Crippen molar-refractivity contribution >= 4 is 45.7 Å². The minimum Gasteiger partial charge on any atom is -0.490 e. The van der Waals surface area contributed by atoms with E-state index in [1.54, 1.807) is 48.7 Å². The third-order valence-electron chi connectivity index (χ3n) is 6.45. The average Bonchev–Trinajstić information content (AvgIpc) is 3.43. The number of nitrogens with one attached hydrogen (secondary N) is 3. The Hall–Kier alpha value is -5.48. The molecule has 0 radical (unpaired) electrons. The monoisotopic (exact) mass is 589 g/mol. The van der Waals surface area contributed by atoms with Gasteiger partial charge < -0.3 is 30.2 Å². The van der Waals surface area contributed by atoms with Gasteiger partial charge in [0, 0.05) is 53.0 Å². The van der Waals surface area contributed by atoms with Crippen LogP contribution in [0.25, 0.3) is 16.7 Å². The molecular weight excluding hydrogens is 554 g/mol. The van der Waals surface area contributed by atoms with Gasteiger partial charge in [-0.1, -0.05) is 24.3 Å². The lowest BCUT2D eigenvalue weighted by molar-refractivity contribution is -0.111. The van der Waals surface area contributed by atoms with Crippen molar-refractivity contribution in [2.45, 2.75) is 20.0 Å². The van der Waals surface area contributed by atoms with Crippen molar-refractivity contribution in [2.24, 2.45) is 0 Å². The van der Waals surface area contributed by atoms with E-state index in [1.807, 2.05) is 86.1 Å². The molecule has 0 fully saturated rings. The van der Waals surface area contributed by atoms with Gasteiger partial charge in [-0.3, -0.25) is 9.59 Å². The number of benzene rings is 3. The summed E-state index contributed by atoms with van der Waals surface area (Å²) in [4.78, 5) is 36.3. The Morgan fingerprint density at radius 3 is 2.48 bits per heavy atom. The molecule has 0 spiro atoms. The number of carbonyl (C=O) groups is 2. The molecule has 224 valence electrons.